The minimum Gasteiger partial charge on any atom is -0.497 e. The molecule has 1 atom stereocenters. The number of hydrogen-bond donors (Lipinski definition) is 2. The van der Waals surface area contributed by atoms with E-state index in [1.165, 1.54) is 24.9 Å². The van der Waals surface area contributed by atoms with Crippen molar-refractivity contribution in [3.8, 4) is 5.75 Å². The third-order valence-corrected chi connectivity index (χ3v) is 4.23. The molecule has 5 heteroatoms. The van der Waals surface area contributed by atoms with Gasteiger partial charge in [-0.05, 0) is 50.0 Å². The number of likely N-dealkylation sites (tertiary alicyclic amines) is 1. The van der Waals surface area contributed by atoms with Crippen LogP contribution in [-0.2, 0) is 6.42 Å². The van der Waals surface area contributed by atoms with Crippen molar-refractivity contribution in [2.45, 2.75) is 32.2 Å². The fourth-order valence-corrected chi connectivity index (χ4v) is 2.94. The maximum absolute atomic E-state index is 5.95. The standard InChI is InChI=1S/C17H28N4O/c1-3-21-11-5-7-15(21)13-20-17(18)19-10-9-14-6-4-8-16(12-14)22-2/h4,6,8,12,15H,3,5,7,9-11,13H2,1-2H3,(H3,18,19,20). The highest BCUT2D eigenvalue weighted by atomic mass is 16.5. The number of hydrogen-bond acceptors (Lipinski definition) is 3. The minimum absolute atomic E-state index is 0.547. The van der Waals surface area contributed by atoms with E-state index in [-0.39, 0.29) is 0 Å². The number of benzene rings is 1. The number of ether oxygens (including phenoxy) is 1. The monoisotopic (exact) mass is 304 g/mol. The van der Waals surface area contributed by atoms with E-state index in [0.717, 1.165) is 31.8 Å². The molecule has 0 bridgehead atoms. The number of aliphatic imine (C=N–C) groups is 1. The fourth-order valence-electron chi connectivity index (χ4n) is 2.94. The summed E-state index contributed by atoms with van der Waals surface area (Å²) in [6, 6.07) is 8.66. The van der Waals surface area contributed by atoms with Crippen LogP contribution in [0.2, 0.25) is 0 Å². The van der Waals surface area contributed by atoms with Gasteiger partial charge in [-0.15, -0.1) is 0 Å². The summed E-state index contributed by atoms with van der Waals surface area (Å²) in [5.74, 6) is 1.44. The molecule has 0 amide bonds. The number of guanidine groups is 1. The second-order valence-corrected chi connectivity index (χ2v) is 5.68. The predicted octanol–water partition coefficient (Wildman–Crippen LogP) is 1.63. The zero-order chi connectivity index (χ0) is 15.8. The molecule has 2 rings (SSSR count). The van der Waals surface area contributed by atoms with E-state index in [9.17, 15) is 0 Å². The molecule has 0 spiro atoms. The van der Waals surface area contributed by atoms with Crippen molar-refractivity contribution in [3.05, 3.63) is 29.8 Å². The van der Waals surface area contributed by atoms with Gasteiger partial charge in [0, 0.05) is 12.6 Å². The molecule has 5 nitrogen and oxygen atoms in total. The summed E-state index contributed by atoms with van der Waals surface area (Å²) in [6.07, 6.45) is 3.41. The van der Waals surface area contributed by atoms with Crippen LogP contribution in [0.25, 0.3) is 0 Å². The molecular weight excluding hydrogens is 276 g/mol. The quantitative estimate of drug-likeness (QED) is 0.594. The van der Waals surface area contributed by atoms with E-state index >= 15 is 0 Å². The maximum Gasteiger partial charge on any atom is 0.188 e. The Morgan fingerprint density at radius 1 is 1.50 bits per heavy atom. The van der Waals surface area contributed by atoms with E-state index in [1.807, 2.05) is 18.2 Å². The van der Waals surface area contributed by atoms with Crippen molar-refractivity contribution < 1.29 is 4.74 Å². The largest absolute Gasteiger partial charge is 0.497 e. The van der Waals surface area contributed by atoms with Crippen LogP contribution in [0.15, 0.2) is 29.3 Å². The summed E-state index contributed by atoms with van der Waals surface area (Å²) in [6.45, 7) is 6.08. The number of rotatable bonds is 7. The van der Waals surface area contributed by atoms with Gasteiger partial charge in [0.15, 0.2) is 5.96 Å². The Labute approximate surface area is 133 Å². The second-order valence-electron chi connectivity index (χ2n) is 5.68. The molecule has 0 aliphatic carbocycles. The lowest BCUT2D eigenvalue weighted by molar-refractivity contribution is 0.273. The predicted molar refractivity (Wildman–Crippen MR) is 91.5 cm³/mol. The van der Waals surface area contributed by atoms with E-state index < -0.39 is 0 Å². The zero-order valence-electron chi connectivity index (χ0n) is 13.7. The molecule has 1 aliphatic rings. The summed E-state index contributed by atoms with van der Waals surface area (Å²) in [5, 5.41) is 3.19. The van der Waals surface area contributed by atoms with E-state index in [1.54, 1.807) is 7.11 Å². The van der Waals surface area contributed by atoms with Crippen LogP contribution < -0.4 is 15.8 Å². The van der Waals surface area contributed by atoms with Gasteiger partial charge in [-0.2, -0.15) is 0 Å². The van der Waals surface area contributed by atoms with Crippen molar-refractivity contribution >= 4 is 5.96 Å². The molecule has 1 unspecified atom stereocenters. The minimum atomic E-state index is 0.547. The van der Waals surface area contributed by atoms with E-state index in [0.29, 0.717) is 12.0 Å². The van der Waals surface area contributed by atoms with Gasteiger partial charge in [0.2, 0.25) is 0 Å². The Bertz CT molecular complexity index is 489. The summed E-state index contributed by atoms with van der Waals surface area (Å²) >= 11 is 0. The second kappa shape index (κ2) is 8.63. The molecule has 0 saturated carbocycles. The summed E-state index contributed by atoms with van der Waals surface area (Å²) in [7, 11) is 1.69. The summed E-state index contributed by atoms with van der Waals surface area (Å²) in [5.41, 5.74) is 7.18. The van der Waals surface area contributed by atoms with Crippen molar-refractivity contribution in [1.29, 1.82) is 0 Å². The Morgan fingerprint density at radius 2 is 2.36 bits per heavy atom. The molecule has 1 heterocycles. The van der Waals surface area contributed by atoms with Gasteiger partial charge in [-0.1, -0.05) is 19.1 Å². The lowest BCUT2D eigenvalue weighted by Crippen LogP contribution is -2.36. The number of nitrogens with two attached hydrogens (primary N) is 1. The molecule has 1 aliphatic heterocycles. The number of methoxy groups -OCH3 is 1. The molecule has 1 saturated heterocycles. The Balaban J connectivity index is 1.72. The van der Waals surface area contributed by atoms with Crippen molar-refractivity contribution in [2.24, 2.45) is 10.7 Å². The van der Waals surface area contributed by atoms with Crippen molar-refractivity contribution in [3.63, 3.8) is 0 Å². The molecule has 0 aromatic heterocycles. The maximum atomic E-state index is 5.95. The lowest BCUT2D eigenvalue weighted by atomic mass is 10.1. The van der Waals surface area contributed by atoms with E-state index in [2.05, 4.69) is 28.2 Å². The van der Waals surface area contributed by atoms with Gasteiger partial charge in [0.05, 0.1) is 13.7 Å². The topological polar surface area (TPSA) is 62.9 Å². The third kappa shape index (κ3) is 4.91. The molecule has 1 aromatic rings. The van der Waals surface area contributed by atoms with Gasteiger partial charge in [-0.3, -0.25) is 9.89 Å². The van der Waals surface area contributed by atoms with Crippen LogP contribution >= 0.6 is 0 Å². The average Bonchev–Trinajstić information content (AvgIpc) is 3.00. The molecule has 122 valence electrons. The third-order valence-electron chi connectivity index (χ3n) is 4.23. The fraction of sp³-hybridized carbons (Fsp3) is 0.588. The van der Waals surface area contributed by atoms with Crippen LogP contribution in [-0.4, -0.2) is 50.2 Å². The van der Waals surface area contributed by atoms with E-state index in [4.69, 9.17) is 10.5 Å². The first-order valence-corrected chi connectivity index (χ1v) is 8.13. The van der Waals surface area contributed by atoms with Gasteiger partial charge in [0.1, 0.15) is 5.75 Å². The Kier molecular flexibility index (Phi) is 6.52. The number of likely N-dealkylation sites (N-methyl/N-ethyl adjacent to an activating group) is 1. The van der Waals surface area contributed by atoms with Crippen LogP contribution in [0.1, 0.15) is 25.3 Å². The van der Waals surface area contributed by atoms with Crippen LogP contribution in [0.5, 0.6) is 5.75 Å². The molecule has 22 heavy (non-hydrogen) atoms. The molecule has 1 fully saturated rings. The highest BCUT2D eigenvalue weighted by Gasteiger charge is 2.22. The van der Waals surface area contributed by atoms with Crippen molar-refractivity contribution in [1.82, 2.24) is 10.2 Å². The first kappa shape index (κ1) is 16.6. The first-order valence-electron chi connectivity index (χ1n) is 8.13. The summed E-state index contributed by atoms with van der Waals surface area (Å²) < 4.78 is 5.22. The Morgan fingerprint density at radius 3 is 3.14 bits per heavy atom. The van der Waals surface area contributed by atoms with Crippen LogP contribution in [0.3, 0.4) is 0 Å². The highest BCUT2D eigenvalue weighted by Crippen LogP contribution is 2.16. The molecule has 3 N–H and O–H groups in total. The molecule has 0 radical (unpaired) electrons. The average molecular weight is 304 g/mol. The number of nitrogens with zero attached hydrogens (tertiary/aromatic N) is 2. The zero-order valence-corrected chi connectivity index (χ0v) is 13.7. The van der Waals surface area contributed by atoms with Crippen LogP contribution in [0, 0.1) is 0 Å². The normalized spacial score (nSPS) is 19.4. The van der Waals surface area contributed by atoms with Gasteiger partial charge in [0.25, 0.3) is 0 Å². The summed E-state index contributed by atoms with van der Waals surface area (Å²) in [4.78, 5) is 6.97. The lowest BCUT2D eigenvalue weighted by Gasteiger charge is -2.20. The van der Waals surface area contributed by atoms with Gasteiger partial charge < -0.3 is 15.8 Å². The molecule has 1 aromatic carbocycles. The first-order chi connectivity index (χ1) is 10.7. The van der Waals surface area contributed by atoms with Crippen LogP contribution in [0.4, 0.5) is 0 Å². The SMILES string of the molecule is CCN1CCCC1CN=C(N)NCCc1cccc(OC)c1. The van der Waals surface area contributed by atoms with Gasteiger partial charge >= 0.3 is 0 Å². The van der Waals surface area contributed by atoms with Crippen molar-refractivity contribution in [2.75, 3.05) is 33.3 Å². The van der Waals surface area contributed by atoms with Gasteiger partial charge in [-0.25, -0.2) is 0 Å². The number of nitrogens with one attached hydrogen (secondary N) is 1. The highest BCUT2D eigenvalue weighted by molar-refractivity contribution is 5.77. The molecular formula is C17H28N4O. The smallest absolute Gasteiger partial charge is 0.188 e. The Hall–Kier alpha value is -1.75.